The first-order chi connectivity index (χ1) is 15.6. The van der Waals surface area contributed by atoms with Crippen LogP contribution >= 0.6 is 0 Å². The number of hydrogen-bond donors (Lipinski definition) is 1. The number of aryl methyl sites for hydroxylation is 1. The van der Waals surface area contributed by atoms with Crippen LogP contribution in [0.5, 0.6) is 0 Å². The molecule has 1 N–H and O–H groups in total. The molecule has 2 aromatic carbocycles. The molecule has 2 aromatic rings. The fourth-order valence-corrected chi connectivity index (χ4v) is 5.06. The molecule has 0 aromatic heterocycles. The van der Waals surface area contributed by atoms with E-state index in [4.69, 9.17) is 0 Å². The molecule has 0 unspecified atom stereocenters. The molecule has 3 amide bonds. The second-order valence-electron chi connectivity index (χ2n) is 8.31. The highest BCUT2D eigenvalue weighted by Gasteiger charge is 2.43. The van der Waals surface area contributed by atoms with E-state index in [-0.39, 0.29) is 29.0 Å². The first kappa shape index (κ1) is 24.4. The van der Waals surface area contributed by atoms with E-state index in [9.17, 15) is 22.8 Å². The van der Waals surface area contributed by atoms with Gasteiger partial charge in [0.1, 0.15) is 17.5 Å². The van der Waals surface area contributed by atoms with Crippen LogP contribution < -0.4 is 5.32 Å². The van der Waals surface area contributed by atoms with Crippen molar-refractivity contribution in [1.82, 2.24) is 14.5 Å². The molecule has 0 fully saturated rings. The molecule has 176 valence electrons. The molecule has 0 radical (unpaired) electrons. The molecule has 0 bridgehead atoms. The van der Waals surface area contributed by atoms with Gasteiger partial charge in [-0.05, 0) is 44.9 Å². The van der Waals surface area contributed by atoms with Gasteiger partial charge in [0.2, 0.25) is 11.8 Å². The zero-order valence-electron chi connectivity index (χ0n) is 19.2. The summed E-state index contributed by atoms with van der Waals surface area (Å²) in [6.07, 6.45) is 0.725. The third kappa shape index (κ3) is 5.08. The molecule has 9 heteroatoms. The van der Waals surface area contributed by atoms with E-state index in [1.807, 2.05) is 45.0 Å². The van der Waals surface area contributed by atoms with E-state index in [0.717, 1.165) is 17.5 Å². The van der Waals surface area contributed by atoms with Crippen LogP contribution in [0.25, 0.3) is 0 Å². The Bertz CT molecular complexity index is 1160. The number of nitrogens with one attached hydrogen (secondary N) is 1. The van der Waals surface area contributed by atoms with Crippen LogP contribution in [0.1, 0.15) is 48.7 Å². The Kier molecular flexibility index (Phi) is 7.22. The maximum Gasteiger partial charge on any atom is 0.269 e. The SMILES string of the molecule is CC[C@@H](C)NC(=O)[C@H](C)N(Cc1ccc(C)cc1)C(=O)CN1C(=O)c2ccccc2S1(=O)=O. The lowest BCUT2D eigenvalue weighted by molar-refractivity contribution is -0.140. The number of amides is 3. The highest BCUT2D eigenvalue weighted by molar-refractivity contribution is 7.90. The van der Waals surface area contributed by atoms with Crippen molar-refractivity contribution in [2.24, 2.45) is 0 Å². The number of carbonyl (C=O) groups is 3. The van der Waals surface area contributed by atoms with Crippen molar-refractivity contribution in [3.8, 4) is 0 Å². The van der Waals surface area contributed by atoms with E-state index in [0.29, 0.717) is 4.31 Å². The van der Waals surface area contributed by atoms with Gasteiger partial charge in [-0.1, -0.05) is 48.9 Å². The molecular weight excluding hydrogens is 442 g/mol. The number of sulfonamides is 1. The maximum atomic E-state index is 13.3. The van der Waals surface area contributed by atoms with Gasteiger partial charge in [-0.25, -0.2) is 12.7 Å². The summed E-state index contributed by atoms with van der Waals surface area (Å²) in [5.41, 5.74) is 1.87. The van der Waals surface area contributed by atoms with Gasteiger partial charge in [0.05, 0.1) is 5.56 Å². The molecule has 0 saturated heterocycles. The summed E-state index contributed by atoms with van der Waals surface area (Å²) in [6.45, 7) is 6.76. The van der Waals surface area contributed by atoms with Gasteiger partial charge in [-0.15, -0.1) is 0 Å². The molecule has 1 aliphatic rings. The lowest BCUT2D eigenvalue weighted by Gasteiger charge is -2.30. The topological polar surface area (TPSA) is 104 Å². The third-order valence-electron chi connectivity index (χ3n) is 5.83. The minimum Gasteiger partial charge on any atom is -0.352 e. The summed E-state index contributed by atoms with van der Waals surface area (Å²) < 4.78 is 26.4. The summed E-state index contributed by atoms with van der Waals surface area (Å²) >= 11 is 0. The average molecular weight is 472 g/mol. The molecular formula is C24H29N3O5S. The highest BCUT2D eigenvalue weighted by atomic mass is 32.2. The lowest BCUT2D eigenvalue weighted by Crippen LogP contribution is -2.52. The van der Waals surface area contributed by atoms with Crippen molar-refractivity contribution >= 4 is 27.7 Å². The van der Waals surface area contributed by atoms with Crippen LogP contribution in [0, 0.1) is 6.92 Å². The van der Waals surface area contributed by atoms with Crippen molar-refractivity contribution in [2.45, 2.75) is 57.6 Å². The van der Waals surface area contributed by atoms with Gasteiger partial charge in [0.25, 0.3) is 15.9 Å². The lowest BCUT2D eigenvalue weighted by atomic mass is 10.1. The van der Waals surface area contributed by atoms with Crippen LogP contribution in [-0.2, 0) is 26.2 Å². The van der Waals surface area contributed by atoms with E-state index in [1.54, 1.807) is 13.0 Å². The minimum absolute atomic E-state index is 0.0398. The van der Waals surface area contributed by atoms with Crippen LogP contribution in [-0.4, -0.2) is 54.0 Å². The van der Waals surface area contributed by atoms with Gasteiger partial charge < -0.3 is 10.2 Å². The van der Waals surface area contributed by atoms with Gasteiger partial charge >= 0.3 is 0 Å². The second kappa shape index (κ2) is 9.74. The third-order valence-corrected chi connectivity index (χ3v) is 7.62. The standard InChI is InChI=1S/C24H29N3O5S/c1-5-17(3)25-23(29)18(4)26(14-19-12-10-16(2)11-13-19)22(28)15-27-24(30)20-8-6-7-9-21(20)33(27,31)32/h6-13,17-18H,5,14-15H2,1-4H3,(H,25,29)/t17-,18+/m1/s1. The summed E-state index contributed by atoms with van der Waals surface area (Å²) in [4.78, 5) is 40.1. The van der Waals surface area contributed by atoms with Crippen LogP contribution in [0.3, 0.4) is 0 Å². The monoisotopic (exact) mass is 471 g/mol. The molecule has 1 aliphatic heterocycles. The molecule has 0 aliphatic carbocycles. The first-order valence-corrected chi connectivity index (χ1v) is 12.3. The Balaban J connectivity index is 1.88. The fourth-order valence-electron chi connectivity index (χ4n) is 3.54. The normalized spacial score (nSPS) is 16.1. The smallest absolute Gasteiger partial charge is 0.269 e. The van der Waals surface area contributed by atoms with Crippen LogP contribution in [0.2, 0.25) is 0 Å². The van der Waals surface area contributed by atoms with Gasteiger partial charge in [-0.3, -0.25) is 14.4 Å². The van der Waals surface area contributed by atoms with Crippen LogP contribution in [0.15, 0.2) is 53.4 Å². The molecule has 3 rings (SSSR count). The predicted molar refractivity (Wildman–Crippen MR) is 124 cm³/mol. The molecule has 1 heterocycles. The van der Waals surface area contributed by atoms with Crippen molar-refractivity contribution in [3.63, 3.8) is 0 Å². The van der Waals surface area contributed by atoms with Crippen molar-refractivity contribution in [2.75, 3.05) is 6.54 Å². The Morgan fingerprint density at radius 2 is 1.70 bits per heavy atom. The van der Waals surface area contributed by atoms with Gasteiger partial charge in [-0.2, -0.15) is 0 Å². The quantitative estimate of drug-likeness (QED) is 0.637. The van der Waals surface area contributed by atoms with Crippen LogP contribution in [0.4, 0.5) is 0 Å². The number of hydrogen-bond acceptors (Lipinski definition) is 5. The number of carbonyl (C=O) groups excluding carboxylic acids is 3. The highest BCUT2D eigenvalue weighted by Crippen LogP contribution is 2.30. The Morgan fingerprint density at radius 1 is 1.06 bits per heavy atom. The molecule has 33 heavy (non-hydrogen) atoms. The zero-order chi connectivity index (χ0) is 24.3. The number of nitrogens with zero attached hydrogens (tertiary/aromatic N) is 2. The summed E-state index contributed by atoms with van der Waals surface area (Å²) in [6, 6.07) is 12.4. The first-order valence-electron chi connectivity index (χ1n) is 10.9. The van der Waals surface area contributed by atoms with Gasteiger partial charge in [0.15, 0.2) is 0 Å². The molecule has 0 spiro atoms. The maximum absolute atomic E-state index is 13.3. The van der Waals surface area contributed by atoms with Crippen molar-refractivity contribution < 1.29 is 22.8 Å². The van der Waals surface area contributed by atoms with E-state index in [1.165, 1.54) is 23.1 Å². The van der Waals surface area contributed by atoms with E-state index in [2.05, 4.69) is 5.32 Å². The Labute approximate surface area is 194 Å². The minimum atomic E-state index is -4.14. The predicted octanol–water partition coefficient (Wildman–Crippen LogP) is 2.47. The van der Waals surface area contributed by atoms with E-state index < -0.39 is 34.4 Å². The molecule has 0 saturated carbocycles. The van der Waals surface area contributed by atoms with E-state index >= 15 is 0 Å². The average Bonchev–Trinajstić information content (AvgIpc) is 2.98. The number of rotatable bonds is 8. The zero-order valence-corrected chi connectivity index (χ0v) is 20.1. The summed E-state index contributed by atoms with van der Waals surface area (Å²) in [7, 11) is -4.14. The Hall–Kier alpha value is -3.20. The molecule has 2 atom stereocenters. The molecule has 8 nitrogen and oxygen atoms in total. The Morgan fingerprint density at radius 3 is 2.30 bits per heavy atom. The summed E-state index contributed by atoms with van der Waals surface area (Å²) in [5, 5.41) is 2.86. The van der Waals surface area contributed by atoms with Crippen molar-refractivity contribution in [1.29, 1.82) is 0 Å². The fraction of sp³-hybridized carbons (Fsp3) is 0.375. The van der Waals surface area contributed by atoms with Crippen molar-refractivity contribution in [3.05, 3.63) is 65.2 Å². The summed E-state index contributed by atoms with van der Waals surface area (Å²) in [5.74, 6) is -1.72. The number of fused-ring (bicyclic) bond motifs is 1. The largest absolute Gasteiger partial charge is 0.352 e. The van der Waals surface area contributed by atoms with Gasteiger partial charge in [0, 0.05) is 12.6 Å². The second-order valence-corrected chi connectivity index (χ2v) is 10.1. The number of benzene rings is 2.